The van der Waals surface area contributed by atoms with Crippen LogP contribution in [0, 0.1) is 5.92 Å². The summed E-state index contributed by atoms with van der Waals surface area (Å²) in [5.41, 5.74) is 0. The Bertz CT molecular complexity index is 964. The second-order valence-electron chi connectivity index (χ2n) is 6.78. The molecule has 0 fully saturated rings. The number of nitrogens with one attached hydrogen (secondary N) is 2. The lowest BCUT2D eigenvalue weighted by Gasteiger charge is -2.25. The molecule has 0 aromatic heterocycles. The summed E-state index contributed by atoms with van der Waals surface area (Å²) < 4.78 is 28.8. The predicted octanol–water partition coefficient (Wildman–Crippen LogP) is 2.79. The van der Waals surface area contributed by atoms with E-state index in [2.05, 4.69) is 10.0 Å². The third-order valence-corrected chi connectivity index (χ3v) is 6.16. The third-order valence-electron chi connectivity index (χ3n) is 4.67. The number of aldehydes is 1. The first-order valence-electron chi connectivity index (χ1n) is 9.22. The molecular weight excluding hydrogens is 376 g/mol. The van der Waals surface area contributed by atoms with E-state index in [0.29, 0.717) is 18.1 Å². The zero-order valence-corrected chi connectivity index (χ0v) is 17.1. The maximum Gasteiger partial charge on any atom is 0.241 e. The lowest BCUT2D eigenvalue weighted by atomic mass is 9.99. The number of sulfonamides is 1. The van der Waals surface area contributed by atoms with Crippen LogP contribution in [0.5, 0.6) is 0 Å². The average molecular weight is 403 g/mol. The minimum atomic E-state index is -3.92. The number of rotatable bonds is 9. The number of allylic oxidation sites excluding steroid dienone is 1. The number of fused-ring (bicyclic) bond motifs is 1. The Balaban J connectivity index is 2.33. The van der Waals surface area contributed by atoms with Crippen molar-refractivity contribution in [1.29, 1.82) is 0 Å². The molecule has 0 aliphatic carbocycles. The monoisotopic (exact) mass is 402 g/mol. The van der Waals surface area contributed by atoms with Gasteiger partial charge in [-0.1, -0.05) is 62.7 Å². The minimum Gasteiger partial charge on any atom is -0.349 e. The highest BCUT2D eigenvalue weighted by Gasteiger charge is 2.30. The number of hydrogen-bond donors (Lipinski definition) is 2. The average Bonchev–Trinajstić information content (AvgIpc) is 2.69. The van der Waals surface area contributed by atoms with Gasteiger partial charge in [-0.25, -0.2) is 8.42 Å². The molecule has 28 heavy (non-hydrogen) atoms. The van der Waals surface area contributed by atoms with E-state index in [1.165, 1.54) is 18.2 Å². The summed E-state index contributed by atoms with van der Waals surface area (Å²) in [4.78, 5) is 23.3. The largest absolute Gasteiger partial charge is 0.349 e. The maximum atomic E-state index is 13.1. The Labute approximate surface area is 166 Å². The summed E-state index contributed by atoms with van der Waals surface area (Å²) in [6.45, 7) is 5.43. The molecule has 150 valence electrons. The van der Waals surface area contributed by atoms with Crippen molar-refractivity contribution in [2.75, 3.05) is 0 Å². The molecule has 0 unspecified atom stereocenters. The van der Waals surface area contributed by atoms with Crippen molar-refractivity contribution in [2.24, 2.45) is 5.92 Å². The van der Waals surface area contributed by atoms with E-state index < -0.39 is 28.0 Å². The molecule has 0 spiro atoms. The number of carbonyl (C=O) groups is 2. The Hall–Kier alpha value is -2.51. The van der Waals surface area contributed by atoms with Gasteiger partial charge in [-0.05, 0) is 30.4 Å². The van der Waals surface area contributed by atoms with Gasteiger partial charge in [0.2, 0.25) is 15.9 Å². The van der Waals surface area contributed by atoms with Gasteiger partial charge in [-0.15, -0.1) is 0 Å². The number of hydrogen-bond acceptors (Lipinski definition) is 4. The van der Waals surface area contributed by atoms with Gasteiger partial charge in [-0.3, -0.25) is 9.59 Å². The summed E-state index contributed by atoms with van der Waals surface area (Å²) in [6, 6.07) is 10.9. The van der Waals surface area contributed by atoms with Crippen molar-refractivity contribution in [3.63, 3.8) is 0 Å². The van der Waals surface area contributed by atoms with Gasteiger partial charge in [-0.2, -0.15) is 4.72 Å². The molecule has 0 saturated heterocycles. The highest BCUT2D eigenvalue weighted by molar-refractivity contribution is 7.89. The van der Waals surface area contributed by atoms with E-state index in [1.54, 1.807) is 25.1 Å². The first-order valence-corrected chi connectivity index (χ1v) is 10.7. The molecule has 2 aromatic rings. The predicted molar refractivity (Wildman–Crippen MR) is 110 cm³/mol. The molecule has 2 rings (SSSR count). The fourth-order valence-electron chi connectivity index (χ4n) is 2.90. The number of carbonyl (C=O) groups excluding carboxylic acids is 2. The molecule has 0 bridgehead atoms. The Kier molecular flexibility index (Phi) is 7.48. The quantitative estimate of drug-likeness (QED) is 0.498. The van der Waals surface area contributed by atoms with Crippen molar-refractivity contribution < 1.29 is 18.0 Å². The first kappa shape index (κ1) is 21.8. The van der Waals surface area contributed by atoms with E-state index in [0.717, 1.165) is 5.39 Å². The van der Waals surface area contributed by atoms with Crippen LogP contribution in [-0.2, 0) is 19.6 Å². The van der Waals surface area contributed by atoms with Gasteiger partial charge in [0.25, 0.3) is 0 Å². The van der Waals surface area contributed by atoms with E-state index in [-0.39, 0.29) is 10.8 Å². The lowest BCUT2D eigenvalue weighted by molar-refractivity contribution is -0.124. The van der Waals surface area contributed by atoms with Crippen LogP contribution in [0.2, 0.25) is 0 Å². The SMILES string of the molecule is CC[C@H](C)[C@H](NS(=O)(=O)c1cccc2ccccc12)C(=O)N[C@@H](C)C=CC=O. The van der Waals surface area contributed by atoms with Crippen molar-refractivity contribution in [3.05, 3.63) is 54.6 Å². The molecule has 2 N–H and O–H groups in total. The van der Waals surface area contributed by atoms with Crippen molar-refractivity contribution in [2.45, 2.75) is 44.2 Å². The molecule has 6 nitrogen and oxygen atoms in total. The van der Waals surface area contributed by atoms with Crippen molar-refractivity contribution in [1.82, 2.24) is 10.0 Å². The van der Waals surface area contributed by atoms with E-state index >= 15 is 0 Å². The summed E-state index contributed by atoms with van der Waals surface area (Å²) in [5, 5.41) is 4.14. The summed E-state index contributed by atoms with van der Waals surface area (Å²) >= 11 is 0. The normalized spacial score (nSPS) is 15.2. The van der Waals surface area contributed by atoms with Crippen LogP contribution in [0.4, 0.5) is 0 Å². The van der Waals surface area contributed by atoms with E-state index in [1.807, 2.05) is 32.0 Å². The summed E-state index contributed by atoms with van der Waals surface area (Å²) in [5.74, 6) is -0.645. The fraction of sp³-hybridized carbons (Fsp3) is 0.333. The molecule has 0 aliphatic heterocycles. The second-order valence-corrected chi connectivity index (χ2v) is 8.46. The topological polar surface area (TPSA) is 92.3 Å². The van der Waals surface area contributed by atoms with Crippen LogP contribution in [0.1, 0.15) is 27.2 Å². The van der Waals surface area contributed by atoms with Crippen LogP contribution < -0.4 is 10.0 Å². The Morgan fingerprint density at radius 3 is 2.46 bits per heavy atom. The summed E-state index contributed by atoms with van der Waals surface area (Å²) in [7, 11) is -3.92. The zero-order valence-electron chi connectivity index (χ0n) is 16.3. The van der Waals surface area contributed by atoms with E-state index in [9.17, 15) is 18.0 Å². The molecule has 3 atom stereocenters. The smallest absolute Gasteiger partial charge is 0.241 e. The van der Waals surface area contributed by atoms with Crippen LogP contribution >= 0.6 is 0 Å². The highest BCUT2D eigenvalue weighted by atomic mass is 32.2. The van der Waals surface area contributed by atoms with Crippen LogP contribution in [0.3, 0.4) is 0 Å². The maximum absolute atomic E-state index is 13.1. The summed E-state index contributed by atoms with van der Waals surface area (Å²) in [6.07, 6.45) is 4.08. The molecule has 0 radical (unpaired) electrons. The van der Waals surface area contributed by atoms with Crippen molar-refractivity contribution in [3.8, 4) is 0 Å². The van der Waals surface area contributed by atoms with Gasteiger partial charge in [0.05, 0.1) is 4.90 Å². The Morgan fingerprint density at radius 2 is 1.79 bits per heavy atom. The van der Waals surface area contributed by atoms with Gasteiger partial charge in [0.15, 0.2) is 0 Å². The molecule has 0 aliphatic rings. The minimum absolute atomic E-state index is 0.139. The van der Waals surface area contributed by atoms with Crippen LogP contribution in [0.25, 0.3) is 10.8 Å². The standard InChI is InChI=1S/C21H26N2O4S/c1-4-15(2)20(21(25)22-16(3)9-8-14-24)23-28(26,27)19-13-7-11-17-10-5-6-12-18(17)19/h5-16,20,23H,4H2,1-3H3,(H,22,25)/t15-,16-,20-/m0/s1. The van der Waals surface area contributed by atoms with Gasteiger partial charge in [0.1, 0.15) is 12.3 Å². The molecule has 7 heteroatoms. The lowest BCUT2D eigenvalue weighted by Crippen LogP contribution is -2.51. The molecule has 0 saturated carbocycles. The first-order chi connectivity index (χ1) is 13.3. The van der Waals surface area contributed by atoms with E-state index in [4.69, 9.17) is 0 Å². The molecule has 1 amide bonds. The zero-order chi connectivity index (χ0) is 20.7. The van der Waals surface area contributed by atoms with Gasteiger partial charge < -0.3 is 5.32 Å². The highest BCUT2D eigenvalue weighted by Crippen LogP contribution is 2.23. The molecular formula is C21H26N2O4S. The third kappa shape index (κ3) is 5.27. The van der Waals surface area contributed by atoms with Crippen LogP contribution in [-0.4, -0.2) is 32.7 Å². The van der Waals surface area contributed by atoms with Gasteiger partial charge in [0, 0.05) is 11.4 Å². The Morgan fingerprint density at radius 1 is 1.11 bits per heavy atom. The molecule has 0 heterocycles. The van der Waals surface area contributed by atoms with Gasteiger partial charge >= 0.3 is 0 Å². The van der Waals surface area contributed by atoms with Crippen molar-refractivity contribution >= 4 is 33.0 Å². The fourth-order valence-corrected chi connectivity index (χ4v) is 4.43. The number of benzene rings is 2. The van der Waals surface area contributed by atoms with Crippen LogP contribution in [0.15, 0.2) is 59.5 Å². The second kappa shape index (κ2) is 9.61. The number of amides is 1. The molecule has 2 aromatic carbocycles.